The first-order chi connectivity index (χ1) is 15.4. The highest BCUT2D eigenvalue weighted by Gasteiger charge is 2.46. The van der Waals surface area contributed by atoms with Crippen molar-refractivity contribution < 1.29 is 24.4 Å². The van der Waals surface area contributed by atoms with Crippen molar-refractivity contribution in [1.82, 2.24) is 0 Å². The predicted molar refractivity (Wildman–Crippen MR) is 117 cm³/mol. The van der Waals surface area contributed by atoms with E-state index < -0.39 is 28.4 Å². The van der Waals surface area contributed by atoms with Crippen LogP contribution in [-0.4, -0.2) is 28.8 Å². The number of nitro benzene ring substituents is 1. The molecular weight excluding hydrogens is 412 g/mol. The van der Waals surface area contributed by atoms with E-state index in [0.717, 1.165) is 0 Å². The summed E-state index contributed by atoms with van der Waals surface area (Å²) < 4.78 is 5.20. The third kappa shape index (κ3) is 3.58. The number of hydrogen-bond acceptors (Lipinski definition) is 6. The quantitative estimate of drug-likeness (QED) is 0.213. The van der Waals surface area contributed by atoms with Crippen LogP contribution in [0.1, 0.15) is 17.2 Å². The topological polar surface area (TPSA) is 110 Å². The molecule has 3 aromatic carbocycles. The predicted octanol–water partition coefficient (Wildman–Crippen LogP) is 4.23. The number of aliphatic hydroxyl groups excluding tert-OH is 1. The molecule has 1 aliphatic rings. The summed E-state index contributed by atoms with van der Waals surface area (Å²) in [5.41, 5.74) is 1.03. The molecule has 1 heterocycles. The van der Waals surface area contributed by atoms with E-state index in [-0.39, 0.29) is 16.8 Å². The van der Waals surface area contributed by atoms with E-state index in [1.54, 1.807) is 54.6 Å². The molecule has 160 valence electrons. The van der Waals surface area contributed by atoms with Crippen LogP contribution in [0.5, 0.6) is 5.75 Å². The van der Waals surface area contributed by atoms with Gasteiger partial charge in [-0.3, -0.25) is 24.6 Å². The van der Waals surface area contributed by atoms with Crippen molar-refractivity contribution in [2.24, 2.45) is 0 Å². The summed E-state index contributed by atoms with van der Waals surface area (Å²) in [6.07, 6.45) is 0. The van der Waals surface area contributed by atoms with Gasteiger partial charge in [-0.1, -0.05) is 30.3 Å². The molecule has 0 saturated carbocycles. The van der Waals surface area contributed by atoms with Gasteiger partial charge in [0.1, 0.15) is 11.5 Å². The summed E-state index contributed by atoms with van der Waals surface area (Å²) in [4.78, 5) is 37.8. The van der Waals surface area contributed by atoms with Gasteiger partial charge in [0.05, 0.1) is 23.6 Å². The Labute approximate surface area is 183 Å². The second-order valence-electron chi connectivity index (χ2n) is 7.08. The molecule has 32 heavy (non-hydrogen) atoms. The highest BCUT2D eigenvalue weighted by molar-refractivity contribution is 6.51. The number of para-hydroxylation sites is 1. The maximum Gasteiger partial charge on any atom is 0.300 e. The molecule has 1 atom stereocenters. The van der Waals surface area contributed by atoms with Crippen LogP contribution < -0.4 is 9.64 Å². The summed E-state index contributed by atoms with van der Waals surface area (Å²) in [5.74, 6) is -1.43. The van der Waals surface area contributed by atoms with E-state index in [1.165, 1.54) is 36.3 Å². The van der Waals surface area contributed by atoms with E-state index in [4.69, 9.17) is 4.74 Å². The Morgan fingerprint density at radius 2 is 1.59 bits per heavy atom. The number of amides is 1. The summed E-state index contributed by atoms with van der Waals surface area (Å²) in [6, 6.07) is 19.8. The fraction of sp³-hybridized carbons (Fsp3) is 0.0833. The van der Waals surface area contributed by atoms with Crippen molar-refractivity contribution in [2.45, 2.75) is 6.04 Å². The van der Waals surface area contributed by atoms with Crippen LogP contribution in [0.2, 0.25) is 0 Å². The number of carbonyl (C=O) groups is 2. The van der Waals surface area contributed by atoms with Crippen LogP contribution >= 0.6 is 0 Å². The SMILES string of the molecule is COc1ccc([C@H]2/C(=C(\O)c3ccc([N+](=O)[O-])cc3)C(=O)C(=O)N2c2ccccc2)cc1. The minimum absolute atomic E-state index is 0.0992. The van der Waals surface area contributed by atoms with E-state index >= 15 is 0 Å². The third-order valence-corrected chi connectivity index (χ3v) is 5.26. The summed E-state index contributed by atoms with van der Waals surface area (Å²) in [6.45, 7) is 0. The normalized spacial score (nSPS) is 17.4. The number of ether oxygens (including phenoxy) is 1. The maximum atomic E-state index is 13.0. The lowest BCUT2D eigenvalue weighted by molar-refractivity contribution is -0.384. The average molecular weight is 430 g/mol. The molecule has 1 fully saturated rings. The Balaban J connectivity index is 1.90. The van der Waals surface area contributed by atoms with Gasteiger partial charge in [-0.25, -0.2) is 0 Å². The number of Topliss-reactive ketones (excluding diaryl/α,β-unsaturated/α-hetero) is 1. The number of aliphatic hydroxyl groups is 1. The zero-order chi connectivity index (χ0) is 22.8. The number of nitro groups is 1. The van der Waals surface area contributed by atoms with Crippen molar-refractivity contribution in [2.75, 3.05) is 12.0 Å². The zero-order valence-electron chi connectivity index (χ0n) is 17.0. The Hall–Kier alpha value is -4.46. The number of non-ortho nitro benzene ring substituents is 1. The van der Waals surface area contributed by atoms with Gasteiger partial charge in [0.2, 0.25) is 0 Å². The lowest BCUT2D eigenvalue weighted by Crippen LogP contribution is -2.29. The molecule has 0 spiro atoms. The highest BCUT2D eigenvalue weighted by atomic mass is 16.6. The number of rotatable bonds is 5. The molecule has 1 amide bonds. The number of nitrogens with zero attached hydrogens (tertiary/aromatic N) is 2. The molecule has 0 aliphatic carbocycles. The van der Waals surface area contributed by atoms with Crippen LogP contribution in [0.15, 0.2) is 84.4 Å². The van der Waals surface area contributed by atoms with E-state index in [9.17, 15) is 24.8 Å². The molecule has 1 N–H and O–H groups in total. The molecule has 0 unspecified atom stereocenters. The second-order valence-corrected chi connectivity index (χ2v) is 7.08. The Kier molecular flexibility index (Phi) is 5.43. The monoisotopic (exact) mass is 430 g/mol. The zero-order valence-corrected chi connectivity index (χ0v) is 17.0. The van der Waals surface area contributed by atoms with Crippen molar-refractivity contribution in [3.05, 3.63) is 106 Å². The first-order valence-corrected chi connectivity index (χ1v) is 9.67. The Morgan fingerprint density at radius 3 is 2.16 bits per heavy atom. The molecule has 8 nitrogen and oxygen atoms in total. The molecule has 8 heteroatoms. The minimum atomic E-state index is -0.890. The molecule has 0 radical (unpaired) electrons. The molecule has 1 aliphatic heterocycles. The van der Waals surface area contributed by atoms with E-state index in [1.807, 2.05) is 0 Å². The lowest BCUT2D eigenvalue weighted by atomic mass is 9.95. The second kappa shape index (κ2) is 8.35. The smallest absolute Gasteiger partial charge is 0.300 e. The van der Waals surface area contributed by atoms with Gasteiger partial charge in [-0.05, 0) is 42.0 Å². The Morgan fingerprint density at radius 1 is 0.969 bits per heavy atom. The minimum Gasteiger partial charge on any atom is -0.507 e. The van der Waals surface area contributed by atoms with Crippen LogP contribution in [0, 0.1) is 10.1 Å². The van der Waals surface area contributed by atoms with Gasteiger partial charge < -0.3 is 9.84 Å². The van der Waals surface area contributed by atoms with Crippen LogP contribution in [0.4, 0.5) is 11.4 Å². The molecule has 3 aromatic rings. The number of benzene rings is 3. The molecule has 4 rings (SSSR count). The number of methoxy groups -OCH3 is 1. The number of carbonyl (C=O) groups excluding carboxylic acids is 2. The number of hydrogen-bond donors (Lipinski definition) is 1. The molecule has 1 saturated heterocycles. The first-order valence-electron chi connectivity index (χ1n) is 9.67. The molecule has 0 bridgehead atoms. The highest BCUT2D eigenvalue weighted by Crippen LogP contribution is 2.42. The standard InChI is InChI=1S/C24H18N2O6/c1-32-19-13-9-15(10-14-19)21-20(22(27)16-7-11-18(12-8-16)26(30)31)23(28)24(29)25(21)17-5-3-2-4-6-17/h2-14,21,27H,1H3/b22-20+/t21-/m0/s1. The summed E-state index contributed by atoms with van der Waals surface area (Å²) >= 11 is 0. The van der Waals surface area contributed by atoms with Crippen molar-refractivity contribution in [3.63, 3.8) is 0 Å². The van der Waals surface area contributed by atoms with Crippen LogP contribution in [0.25, 0.3) is 5.76 Å². The van der Waals surface area contributed by atoms with Crippen molar-refractivity contribution in [1.29, 1.82) is 0 Å². The van der Waals surface area contributed by atoms with Crippen molar-refractivity contribution >= 4 is 28.8 Å². The molecular formula is C24H18N2O6. The van der Waals surface area contributed by atoms with Gasteiger partial charge in [-0.15, -0.1) is 0 Å². The van der Waals surface area contributed by atoms with Gasteiger partial charge in [0.25, 0.3) is 17.4 Å². The number of anilines is 1. The third-order valence-electron chi connectivity index (χ3n) is 5.26. The summed E-state index contributed by atoms with van der Waals surface area (Å²) in [7, 11) is 1.53. The fourth-order valence-corrected chi connectivity index (χ4v) is 3.69. The van der Waals surface area contributed by atoms with Gasteiger partial charge in [0.15, 0.2) is 0 Å². The van der Waals surface area contributed by atoms with E-state index in [2.05, 4.69) is 0 Å². The first kappa shape index (κ1) is 20.8. The van der Waals surface area contributed by atoms with Crippen LogP contribution in [0.3, 0.4) is 0 Å². The number of ketones is 1. The van der Waals surface area contributed by atoms with Gasteiger partial charge >= 0.3 is 0 Å². The van der Waals surface area contributed by atoms with Crippen LogP contribution in [-0.2, 0) is 9.59 Å². The van der Waals surface area contributed by atoms with Gasteiger partial charge in [0, 0.05) is 23.4 Å². The molecule has 0 aromatic heterocycles. The van der Waals surface area contributed by atoms with Gasteiger partial charge in [-0.2, -0.15) is 0 Å². The van der Waals surface area contributed by atoms with Crippen molar-refractivity contribution in [3.8, 4) is 5.75 Å². The van der Waals surface area contributed by atoms with E-state index in [0.29, 0.717) is 17.0 Å². The largest absolute Gasteiger partial charge is 0.507 e. The lowest BCUT2D eigenvalue weighted by Gasteiger charge is -2.25. The maximum absolute atomic E-state index is 13.0. The summed E-state index contributed by atoms with van der Waals surface area (Å²) in [5, 5.41) is 22.0. The fourth-order valence-electron chi connectivity index (χ4n) is 3.69. The average Bonchev–Trinajstić information content (AvgIpc) is 3.09. The Bertz CT molecular complexity index is 1220.